The molecule has 1 atom stereocenters. The molecule has 0 saturated heterocycles. The van der Waals surface area contributed by atoms with Crippen LogP contribution in [0.15, 0.2) is 18.2 Å². The van der Waals surface area contributed by atoms with Crippen molar-refractivity contribution in [2.75, 3.05) is 6.61 Å². The van der Waals surface area contributed by atoms with E-state index in [9.17, 15) is 4.79 Å². The Balaban J connectivity index is 2.86. The molecule has 0 heterocycles. The Morgan fingerprint density at radius 1 is 1.33 bits per heavy atom. The number of ketones is 1. The van der Waals surface area contributed by atoms with Crippen molar-refractivity contribution in [1.82, 2.24) is 0 Å². The van der Waals surface area contributed by atoms with E-state index in [0.29, 0.717) is 23.1 Å². The minimum atomic E-state index is -0.738. The molecular formula is C14H18Cl2O2. The number of hydrogen-bond donors (Lipinski definition) is 0. The molecule has 1 aromatic carbocycles. The average Bonchev–Trinajstić information content (AvgIpc) is 2.32. The van der Waals surface area contributed by atoms with Crippen LogP contribution in [0.3, 0.4) is 0 Å². The standard InChI is InChI=1S/C14H18Cl2O2/c1-4-14(3,18-5-2)13(17)8-10-6-7-11(15)9-12(10)16/h6-7,9H,4-5,8H2,1-3H3. The molecule has 2 nitrogen and oxygen atoms in total. The molecule has 100 valence electrons. The van der Waals surface area contributed by atoms with Gasteiger partial charge in [-0.3, -0.25) is 4.79 Å². The zero-order valence-corrected chi connectivity index (χ0v) is 12.4. The van der Waals surface area contributed by atoms with Gasteiger partial charge in [-0.2, -0.15) is 0 Å². The maximum atomic E-state index is 12.3. The summed E-state index contributed by atoms with van der Waals surface area (Å²) in [6.45, 7) is 6.17. The Morgan fingerprint density at radius 2 is 2.00 bits per heavy atom. The highest BCUT2D eigenvalue weighted by Gasteiger charge is 2.31. The monoisotopic (exact) mass is 288 g/mol. The lowest BCUT2D eigenvalue weighted by Gasteiger charge is -2.26. The quantitative estimate of drug-likeness (QED) is 0.780. The van der Waals surface area contributed by atoms with Crippen LogP contribution in [0.5, 0.6) is 0 Å². The second-order valence-corrected chi connectivity index (χ2v) is 5.20. The predicted octanol–water partition coefficient (Wildman–Crippen LogP) is 4.31. The van der Waals surface area contributed by atoms with E-state index in [4.69, 9.17) is 27.9 Å². The van der Waals surface area contributed by atoms with Crippen LogP contribution in [0.25, 0.3) is 0 Å². The maximum Gasteiger partial charge on any atom is 0.168 e. The van der Waals surface area contributed by atoms with E-state index >= 15 is 0 Å². The molecule has 4 heteroatoms. The number of carbonyl (C=O) groups excluding carboxylic acids is 1. The molecule has 0 fully saturated rings. The maximum absolute atomic E-state index is 12.3. The topological polar surface area (TPSA) is 26.3 Å². The Labute approximate surface area is 118 Å². The van der Waals surface area contributed by atoms with Gasteiger partial charge in [0, 0.05) is 23.1 Å². The molecule has 0 saturated carbocycles. The normalized spacial score (nSPS) is 14.3. The smallest absolute Gasteiger partial charge is 0.168 e. The first-order valence-corrected chi connectivity index (χ1v) is 6.79. The highest BCUT2D eigenvalue weighted by Crippen LogP contribution is 2.25. The highest BCUT2D eigenvalue weighted by molar-refractivity contribution is 6.35. The lowest BCUT2D eigenvalue weighted by molar-refractivity contribution is -0.141. The second-order valence-electron chi connectivity index (χ2n) is 4.35. The molecule has 1 aromatic rings. The third-order valence-electron chi connectivity index (χ3n) is 3.09. The zero-order chi connectivity index (χ0) is 13.8. The van der Waals surface area contributed by atoms with Crippen molar-refractivity contribution in [3.63, 3.8) is 0 Å². The number of carbonyl (C=O) groups is 1. The molecule has 0 amide bonds. The highest BCUT2D eigenvalue weighted by atomic mass is 35.5. The van der Waals surface area contributed by atoms with Crippen LogP contribution in [-0.4, -0.2) is 18.0 Å². The van der Waals surface area contributed by atoms with Crippen molar-refractivity contribution in [1.29, 1.82) is 0 Å². The molecule has 0 aliphatic carbocycles. The summed E-state index contributed by atoms with van der Waals surface area (Å²) in [6.07, 6.45) is 0.908. The third-order valence-corrected chi connectivity index (χ3v) is 3.68. The van der Waals surface area contributed by atoms with Gasteiger partial charge in [0.05, 0.1) is 0 Å². The third kappa shape index (κ3) is 3.71. The molecule has 1 unspecified atom stereocenters. The van der Waals surface area contributed by atoms with Crippen molar-refractivity contribution >= 4 is 29.0 Å². The van der Waals surface area contributed by atoms with Crippen molar-refractivity contribution in [2.45, 2.75) is 39.2 Å². The molecule has 0 aliphatic rings. The van der Waals surface area contributed by atoms with E-state index in [0.717, 1.165) is 5.56 Å². The minimum Gasteiger partial charge on any atom is -0.368 e. The summed E-state index contributed by atoms with van der Waals surface area (Å²) in [5.74, 6) is 0.0380. The fourth-order valence-electron chi connectivity index (χ4n) is 1.72. The minimum absolute atomic E-state index is 0.0380. The van der Waals surface area contributed by atoms with Gasteiger partial charge in [0.2, 0.25) is 0 Å². The summed E-state index contributed by atoms with van der Waals surface area (Å²) in [5, 5.41) is 1.09. The van der Waals surface area contributed by atoms with Crippen molar-refractivity contribution < 1.29 is 9.53 Å². The summed E-state index contributed by atoms with van der Waals surface area (Å²) in [4.78, 5) is 12.3. The molecular weight excluding hydrogens is 271 g/mol. The molecule has 0 bridgehead atoms. The van der Waals surface area contributed by atoms with Gasteiger partial charge in [-0.05, 0) is 38.0 Å². The Bertz CT molecular complexity index is 432. The van der Waals surface area contributed by atoms with Crippen LogP contribution in [0.4, 0.5) is 0 Å². The van der Waals surface area contributed by atoms with Gasteiger partial charge in [-0.1, -0.05) is 36.2 Å². The molecule has 0 radical (unpaired) electrons. The van der Waals surface area contributed by atoms with Crippen LogP contribution in [0.1, 0.15) is 32.8 Å². The van der Waals surface area contributed by atoms with E-state index in [1.165, 1.54) is 0 Å². The van der Waals surface area contributed by atoms with Crippen LogP contribution >= 0.6 is 23.2 Å². The largest absolute Gasteiger partial charge is 0.368 e. The van der Waals surface area contributed by atoms with Gasteiger partial charge in [-0.25, -0.2) is 0 Å². The van der Waals surface area contributed by atoms with Gasteiger partial charge in [0.15, 0.2) is 5.78 Å². The van der Waals surface area contributed by atoms with Crippen molar-refractivity contribution in [3.05, 3.63) is 33.8 Å². The lowest BCUT2D eigenvalue weighted by atomic mass is 9.92. The number of Topliss-reactive ketones (excluding diaryl/α,β-unsaturated/α-hetero) is 1. The Morgan fingerprint density at radius 3 is 2.50 bits per heavy atom. The average molecular weight is 289 g/mol. The number of ether oxygens (including phenoxy) is 1. The van der Waals surface area contributed by atoms with E-state index in [1.54, 1.807) is 18.2 Å². The molecule has 18 heavy (non-hydrogen) atoms. The Hall–Kier alpha value is -0.570. The first-order valence-electron chi connectivity index (χ1n) is 6.04. The molecule has 0 spiro atoms. The van der Waals surface area contributed by atoms with E-state index in [1.807, 2.05) is 20.8 Å². The van der Waals surface area contributed by atoms with Crippen LogP contribution in [0, 0.1) is 0 Å². The molecule has 0 aromatic heterocycles. The van der Waals surface area contributed by atoms with E-state index in [2.05, 4.69) is 0 Å². The predicted molar refractivity (Wildman–Crippen MR) is 75.5 cm³/mol. The summed E-state index contributed by atoms with van der Waals surface area (Å²) < 4.78 is 5.56. The Kier molecular flexibility index (Phi) is 5.64. The fourth-order valence-corrected chi connectivity index (χ4v) is 2.20. The second kappa shape index (κ2) is 6.55. The summed E-state index contributed by atoms with van der Waals surface area (Å²) in [7, 11) is 0. The van der Waals surface area contributed by atoms with Gasteiger partial charge in [0.1, 0.15) is 5.60 Å². The van der Waals surface area contributed by atoms with Crippen molar-refractivity contribution in [2.24, 2.45) is 0 Å². The molecule has 1 rings (SSSR count). The molecule has 0 aliphatic heterocycles. The van der Waals surface area contributed by atoms with E-state index < -0.39 is 5.60 Å². The SMILES string of the molecule is CCOC(C)(CC)C(=O)Cc1ccc(Cl)cc1Cl. The van der Waals surface area contributed by atoms with Gasteiger partial charge >= 0.3 is 0 Å². The molecule has 0 N–H and O–H groups in total. The fraction of sp³-hybridized carbons (Fsp3) is 0.500. The lowest BCUT2D eigenvalue weighted by Crippen LogP contribution is -2.39. The van der Waals surface area contributed by atoms with Crippen LogP contribution < -0.4 is 0 Å². The van der Waals surface area contributed by atoms with Crippen LogP contribution in [0.2, 0.25) is 10.0 Å². The number of hydrogen-bond acceptors (Lipinski definition) is 2. The van der Waals surface area contributed by atoms with E-state index in [-0.39, 0.29) is 12.2 Å². The van der Waals surface area contributed by atoms with Gasteiger partial charge < -0.3 is 4.74 Å². The van der Waals surface area contributed by atoms with Crippen LogP contribution in [-0.2, 0) is 16.0 Å². The number of rotatable bonds is 6. The number of benzene rings is 1. The first kappa shape index (κ1) is 15.5. The van der Waals surface area contributed by atoms with Crippen molar-refractivity contribution in [3.8, 4) is 0 Å². The summed E-state index contributed by atoms with van der Waals surface area (Å²) >= 11 is 11.9. The number of halogens is 2. The van der Waals surface area contributed by atoms with Gasteiger partial charge in [-0.15, -0.1) is 0 Å². The zero-order valence-electron chi connectivity index (χ0n) is 10.9. The van der Waals surface area contributed by atoms with Gasteiger partial charge in [0.25, 0.3) is 0 Å². The summed E-state index contributed by atoms with van der Waals surface area (Å²) in [5.41, 5.74) is 0.0444. The first-order chi connectivity index (χ1) is 8.42. The summed E-state index contributed by atoms with van der Waals surface area (Å²) in [6, 6.07) is 5.17.